The molecule has 0 saturated carbocycles. The number of carbonyl (C=O) groups is 1. The van der Waals surface area contributed by atoms with Crippen molar-refractivity contribution in [3.05, 3.63) is 24.0 Å². The van der Waals surface area contributed by atoms with Gasteiger partial charge in [0, 0.05) is 6.42 Å². The van der Waals surface area contributed by atoms with Gasteiger partial charge in [0.05, 0.1) is 0 Å². The van der Waals surface area contributed by atoms with E-state index in [0.717, 1.165) is 0 Å². The summed E-state index contributed by atoms with van der Waals surface area (Å²) in [4.78, 5) is 10.2. The average molecular weight is 153 g/mol. The lowest BCUT2D eigenvalue weighted by Crippen LogP contribution is -2.01. The van der Waals surface area contributed by atoms with Gasteiger partial charge < -0.3 is 10.2 Å². The maximum Gasteiger partial charge on any atom is 0.349 e. The second-order valence-corrected chi connectivity index (χ2v) is 1.73. The molecule has 0 aromatic rings. The van der Waals surface area contributed by atoms with Crippen molar-refractivity contribution in [3.8, 4) is 6.07 Å². The summed E-state index contributed by atoms with van der Waals surface area (Å²) in [5.74, 6) is -1.89. The highest BCUT2D eigenvalue weighted by Gasteiger charge is 2.11. The van der Waals surface area contributed by atoms with Gasteiger partial charge in [0.15, 0.2) is 5.57 Å². The molecule has 0 aliphatic rings. The van der Waals surface area contributed by atoms with Crippen molar-refractivity contribution in [1.82, 2.24) is 0 Å². The molecule has 4 heteroatoms. The third-order valence-electron chi connectivity index (χ3n) is 0.952. The molecule has 0 bridgehead atoms. The van der Waals surface area contributed by atoms with E-state index < -0.39 is 17.3 Å². The van der Waals surface area contributed by atoms with E-state index in [1.54, 1.807) is 0 Å². The second kappa shape index (κ2) is 4.12. The Balaban J connectivity index is 4.71. The van der Waals surface area contributed by atoms with Crippen LogP contribution in [-0.4, -0.2) is 16.2 Å². The molecule has 58 valence electrons. The minimum absolute atomic E-state index is 0.00477. The maximum absolute atomic E-state index is 10.2. The van der Waals surface area contributed by atoms with Crippen molar-refractivity contribution in [1.29, 1.82) is 5.26 Å². The molecular weight excluding hydrogens is 146 g/mol. The Hall–Kier alpha value is -1.76. The van der Waals surface area contributed by atoms with E-state index in [1.807, 2.05) is 0 Å². The molecule has 0 amide bonds. The summed E-state index contributed by atoms with van der Waals surface area (Å²) in [5.41, 5.74) is -0.634. The summed E-state index contributed by atoms with van der Waals surface area (Å²) in [6, 6.07) is 1.37. The number of hydrogen-bond donors (Lipinski definition) is 2. The molecule has 0 saturated heterocycles. The van der Waals surface area contributed by atoms with Gasteiger partial charge in [0.1, 0.15) is 11.8 Å². The smallest absolute Gasteiger partial charge is 0.349 e. The van der Waals surface area contributed by atoms with Crippen LogP contribution < -0.4 is 0 Å². The zero-order valence-corrected chi connectivity index (χ0v) is 5.74. The van der Waals surface area contributed by atoms with Gasteiger partial charge in [-0.15, -0.1) is 6.58 Å². The lowest BCUT2D eigenvalue weighted by Gasteiger charge is -1.94. The van der Waals surface area contributed by atoms with Gasteiger partial charge in [-0.1, -0.05) is 6.08 Å². The van der Waals surface area contributed by atoms with Crippen molar-refractivity contribution in [2.45, 2.75) is 6.42 Å². The van der Waals surface area contributed by atoms with Crippen LogP contribution in [-0.2, 0) is 4.79 Å². The van der Waals surface area contributed by atoms with Gasteiger partial charge in [-0.25, -0.2) is 4.79 Å². The molecular formula is C7H7NO3. The van der Waals surface area contributed by atoms with E-state index >= 15 is 0 Å². The molecule has 2 N–H and O–H groups in total. The maximum atomic E-state index is 10.2. The van der Waals surface area contributed by atoms with Crippen LogP contribution in [0.5, 0.6) is 0 Å². The fraction of sp³-hybridized carbons (Fsp3) is 0.143. The largest absolute Gasteiger partial charge is 0.510 e. The van der Waals surface area contributed by atoms with E-state index in [2.05, 4.69) is 6.58 Å². The average Bonchev–Trinajstić information content (AvgIpc) is 1.88. The van der Waals surface area contributed by atoms with E-state index in [9.17, 15) is 4.79 Å². The molecule has 11 heavy (non-hydrogen) atoms. The third kappa shape index (κ3) is 2.54. The molecule has 0 aliphatic heterocycles. The van der Waals surface area contributed by atoms with Crippen molar-refractivity contribution >= 4 is 5.97 Å². The van der Waals surface area contributed by atoms with Crippen LogP contribution in [0.15, 0.2) is 24.0 Å². The Morgan fingerprint density at radius 2 is 2.18 bits per heavy atom. The summed E-state index contributed by atoms with van der Waals surface area (Å²) in [6.45, 7) is 3.28. The van der Waals surface area contributed by atoms with Gasteiger partial charge in [-0.2, -0.15) is 5.26 Å². The molecule has 0 aromatic carbocycles. The predicted octanol–water partition coefficient (Wildman–Crippen LogP) is 0.983. The lowest BCUT2D eigenvalue weighted by atomic mass is 10.2. The van der Waals surface area contributed by atoms with Crippen LogP contribution in [0.1, 0.15) is 6.42 Å². The molecule has 0 atom stereocenters. The van der Waals surface area contributed by atoms with Crippen molar-refractivity contribution < 1.29 is 15.0 Å². The summed E-state index contributed by atoms with van der Waals surface area (Å²) in [6.07, 6.45) is 1.31. The van der Waals surface area contributed by atoms with Crippen molar-refractivity contribution in [2.24, 2.45) is 0 Å². The Bertz CT molecular complexity index is 247. The molecule has 0 aliphatic carbocycles. The molecule has 0 heterocycles. The van der Waals surface area contributed by atoms with Crippen LogP contribution >= 0.6 is 0 Å². The first-order valence-corrected chi connectivity index (χ1v) is 2.79. The fourth-order valence-electron chi connectivity index (χ4n) is 0.475. The van der Waals surface area contributed by atoms with Crippen molar-refractivity contribution in [2.75, 3.05) is 0 Å². The van der Waals surface area contributed by atoms with E-state index in [1.165, 1.54) is 12.1 Å². The molecule has 0 aromatic heterocycles. The number of aliphatic carboxylic acids is 1. The first-order valence-electron chi connectivity index (χ1n) is 2.79. The Morgan fingerprint density at radius 3 is 2.45 bits per heavy atom. The molecule has 0 rings (SSSR count). The number of aliphatic hydroxyl groups excluding tert-OH is 1. The van der Waals surface area contributed by atoms with Gasteiger partial charge in [-0.05, 0) is 0 Å². The van der Waals surface area contributed by atoms with Crippen LogP contribution in [0.3, 0.4) is 0 Å². The number of carboxylic acid groups (broad SMARTS) is 1. The number of nitrogens with zero attached hydrogens (tertiary/aromatic N) is 1. The van der Waals surface area contributed by atoms with Crippen LogP contribution in [0.2, 0.25) is 0 Å². The molecule has 0 fully saturated rings. The highest BCUT2D eigenvalue weighted by molar-refractivity contribution is 5.91. The minimum Gasteiger partial charge on any atom is -0.510 e. The SMILES string of the molecule is C=CCC(O)=C(C#N)C(=O)O. The Labute approximate surface area is 63.7 Å². The zero-order chi connectivity index (χ0) is 8.85. The quantitative estimate of drug-likeness (QED) is 0.274. The van der Waals surface area contributed by atoms with Gasteiger partial charge in [0.2, 0.25) is 0 Å². The van der Waals surface area contributed by atoms with Gasteiger partial charge >= 0.3 is 5.97 Å². The van der Waals surface area contributed by atoms with Gasteiger partial charge in [-0.3, -0.25) is 0 Å². The van der Waals surface area contributed by atoms with Crippen LogP contribution in [0, 0.1) is 11.3 Å². The number of aliphatic hydroxyl groups is 1. The Morgan fingerprint density at radius 1 is 1.64 bits per heavy atom. The molecule has 0 radical (unpaired) electrons. The normalized spacial score (nSPS) is 11.2. The predicted molar refractivity (Wildman–Crippen MR) is 37.7 cm³/mol. The topological polar surface area (TPSA) is 81.3 Å². The Kier molecular flexibility index (Phi) is 3.46. The highest BCUT2D eigenvalue weighted by Crippen LogP contribution is 2.04. The standard InChI is InChI=1S/C7H7NO3/c1-2-3-6(9)5(4-8)7(10)11/h2,9H,1,3H2,(H,10,11). The minimum atomic E-state index is -1.42. The zero-order valence-electron chi connectivity index (χ0n) is 5.74. The van der Waals surface area contributed by atoms with Gasteiger partial charge in [0.25, 0.3) is 0 Å². The summed E-state index contributed by atoms with van der Waals surface area (Å²) in [5, 5.41) is 25.4. The summed E-state index contributed by atoms with van der Waals surface area (Å²) < 4.78 is 0. The summed E-state index contributed by atoms with van der Waals surface area (Å²) in [7, 11) is 0. The van der Waals surface area contributed by atoms with Crippen LogP contribution in [0.4, 0.5) is 0 Å². The molecule has 0 spiro atoms. The number of rotatable bonds is 3. The number of carboxylic acids is 1. The highest BCUT2D eigenvalue weighted by atomic mass is 16.4. The number of nitriles is 1. The third-order valence-corrected chi connectivity index (χ3v) is 0.952. The van der Waals surface area contributed by atoms with Crippen LogP contribution in [0.25, 0.3) is 0 Å². The first-order chi connectivity index (χ1) is 5.13. The molecule has 0 unspecified atom stereocenters. The molecule has 4 nitrogen and oxygen atoms in total. The fourth-order valence-corrected chi connectivity index (χ4v) is 0.475. The van der Waals surface area contributed by atoms with E-state index in [0.29, 0.717) is 0 Å². The first kappa shape index (κ1) is 9.24. The lowest BCUT2D eigenvalue weighted by molar-refractivity contribution is -0.132. The van der Waals surface area contributed by atoms with E-state index in [4.69, 9.17) is 15.5 Å². The monoisotopic (exact) mass is 153 g/mol. The summed E-state index contributed by atoms with van der Waals surface area (Å²) >= 11 is 0. The number of hydrogen-bond acceptors (Lipinski definition) is 3. The number of allylic oxidation sites excluding steroid dienone is 1. The van der Waals surface area contributed by atoms with E-state index in [-0.39, 0.29) is 6.42 Å². The second-order valence-electron chi connectivity index (χ2n) is 1.73. The van der Waals surface area contributed by atoms with Crippen molar-refractivity contribution in [3.63, 3.8) is 0 Å².